The monoisotopic (exact) mass is 280 g/mol. The van der Waals surface area contributed by atoms with Gasteiger partial charge in [-0.15, -0.1) is 0 Å². The van der Waals surface area contributed by atoms with Crippen molar-refractivity contribution in [1.29, 1.82) is 0 Å². The van der Waals surface area contributed by atoms with Crippen molar-refractivity contribution >= 4 is 15.4 Å². The quantitative estimate of drug-likeness (QED) is 0.849. The highest BCUT2D eigenvalue weighted by Gasteiger charge is 2.21. The van der Waals surface area contributed by atoms with E-state index in [1.807, 2.05) is 19.1 Å². The van der Waals surface area contributed by atoms with Gasteiger partial charge >= 0.3 is 0 Å². The predicted molar refractivity (Wildman–Crippen MR) is 77.2 cm³/mol. The maximum Gasteiger partial charge on any atom is 0.153 e. The Bertz CT molecular complexity index is 722. The van der Waals surface area contributed by atoms with Crippen LogP contribution in [0.5, 0.6) is 0 Å². The standard InChI is InChI=1S/C14H20N2O2S/c1-10-15-11(9-19(5,17)18)12-7-6-8-13(16(10)12)14(2,3)4/h6-8H,9H2,1-5H3. The van der Waals surface area contributed by atoms with Gasteiger partial charge in [0.05, 0.1) is 17.0 Å². The summed E-state index contributed by atoms with van der Waals surface area (Å²) in [7, 11) is -3.08. The van der Waals surface area contributed by atoms with Crippen molar-refractivity contribution in [2.45, 2.75) is 38.9 Å². The van der Waals surface area contributed by atoms with Crippen molar-refractivity contribution in [3.8, 4) is 0 Å². The van der Waals surface area contributed by atoms with E-state index in [-0.39, 0.29) is 11.2 Å². The second-order valence-electron chi connectivity index (χ2n) is 6.06. The predicted octanol–water partition coefficient (Wildman–Crippen LogP) is 2.48. The minimum Gasteiger partial charge on any atom is -0.300 e. The summed E-state index contributed by atoms with van der Waals surface area (Å²) in [6, 6.07) is 5.95. The van der Waals surface area contributed by atoms with E-state index in [4.69, 9.17) is 0 Å². The topological polar surface area (TPSA) is 51.4 Å². The van der Waals surface area contributed by atoms with Crippen molar-refractivity contribution < 1.29 is 8.42 Å². The van der Waals surface area contributed by atoms with E-state index in [0.717, 1.165) is 17.0 Å². The molecule has 0 radical (unpaired) electrons. The number of hydrogen-bond donors (Lipinski definition) is 0. The van der Waals surface area contributed by atoms with E-state index >= 15 is 0 Å². The number of nitrogens with zero attached hydrogens (tertiary/aromatic N) is 2. The van der Waals surface area contributed by atoms with Crippen LogP contribution in [0.2, 0.25) is 0 Å². The molecule has 2 aromatic heterocycles. The van der Waals surface area contributed by atoms with E-state index in [9.17, 15) is 8.42 Å². The summed E-state index contributed by atoms with van der Waals surface area (Å²) in [6.45, 7) is 8.32. The van der Waals surface area contributed by atoms with Crippen LogP contribution in [0.15, 0.2) is 18.2 Å². The molecule has 0 atom stereocenters. The minimum atomic E-state index is -3.08. The first-order valence-electron chi connectivity index (χ1n) is 6.25. The van der Waals surface area contributed by atoms with E-state index in [2.05, 4.69) is 36.2 Å². The molecule has 0 aliphatic carbocycles. The first-order valence-corrected chi connectivity index (χ1v) is 8.31. The van der Waals surface area contributed by atoms with Gasteiger partial charge in [0.1, 0.15) is 5.82 Å². The summed E-state index contributed by atoms with van der Waals surface area (Å²) in [4.78, 5) is 4.43. The molecule has 19 heavy (non-hydrogen) atoms. The molecular weight excluding hydrogens is 260 g/mol. The molecule has 4 nitrogen and oxygen atoms in total. The lowest BCUT2D eigenvalue weighted by Crippen LogP contribution is -2.16. The zero-order valence-corrected chi connectivity index (χ0v) is 12.9. The Morgan fingerprint density at radius 2 is 1.89 bits per heavy atom. The number of pyridine rings is 1. The Morgan fingerprint density at radius 1 is 1.26 bits per heavy atom. The van der Waals surface area contributed by atoms with Crippen LogP contribution in [0.4, 0.5) is 0 Å². The second kappa shape index (κ2) is 4.34. The zero-order chi connectivity index (χ0) is 14.4. The molecule has 0 amide bonds. The van der Waals surface area contributed by atoms with Crippen LogP contribution in [0.3, 0.4) is 0 Å². The highest BCUT2D eigenvalue weighted by molar-refractivity contribution is 7.89. The Kier molecular flexibility index (Phi) is 3.21. The number of aromatic nitrogens is 2. The first-order chi connectivity index (χ1) is 8.59. The van der Waals surface area contributed by atoms with Gasteiger partial charge < -0.3 is 4.40 Å². The molecule has 104 valence electrons. The maximum absolute atomic E-state index is 11.5. The lowest BCUT2D eigenvalue weighted by molar-refractivity contribution is 0.558. The largest absolute Gasteiger partial charge is 0.300 e. The maximum atomic E-state index is 11.5. The van der Waals surface area contributed by atoms with Crippen molar-refractivity contribution in [3.63, 3.8) is 0 Å². The van der Waals surface area contributed by atoms with Crippen LogP contribution in [0, 0.1) is 6.92 Å². The summed E-state index contributed by atoms with van der Waals surface area (Å²) in [5, 5.41) is 0. The Hall–Kier alpha value is -1.36. The Balaban J connectivity index is 2.74. The van der Waals surface area contributed by atoms with Crippen molar-refractivity contribution in [2.24, 2.45) is 0 Å². The third-order valence-electron chi connectivity index (χ3n) is 3.07. The number of fused-ring (bicyclic) bond motifs is 1. The number of aryl methyl sites for hydroxylation is 1. The molecule has 0 aliphatic heterocycles. The van der Waals surface area contributed by atoms with E-state index < -0.39 is 9.84 Å². The van der Waals surface area contributed by atoms with Gasteiger partial charge in [-0.3, -0.25) is 0 Å². The first kappa shape index (κ1) is 14.1. The summed E-state index contributed by atoms with van der Waals surface area (Å²) in [5.41, 5.74) is 2.63. The fourth-order valence-corrected chi connectivity index (χ4v) is 3.03. The zero-order valence-electron chi connectivity index (χ0n) is 12.1. The van der Waals surface area contributed by atoms with Gasteiger partial charge in [0.25, 0.3) is 0 Å². The number of imidazole rings is 1. The average Bonchev–Trinajstić information content (AvgIpc) is 2.52. The third kappa shape index (κ3) is 2.81. The summed E-state index contributed by atoms with van der Waals surface area (Å²) < 4.78 is 25.0. The molecule has 0 spiro atoms. The van der Waals surface area contributed by atoms with Crippen LogP contribution in [0.1, 0.15) is 38.0 Å². The molecule has 5 heteroatoms. The van der Waals surface area contributed by atoms with Crippen molar-refractivity contribution in [3.05, 3.63) is 35.4 Å². The van der Waals surface area contributed by atoms with Crippen LogP contribution in [-0.4, -0.2) is 24.1 Å². The van der Waals surface area contributed by atoms with Crippen LogP contribution < -0.4 is 0 Å². The smallest absolute Gasteiger partial charge is 0.153 e. The molecule has 0 aliphatic rings. The lowest BCUT2D eigenvalue weighted by Gasteiger charge is -2.21. The SMILES string of the molecule is Cc1nc(CS(C)(=O)=O)c2cccc(C(C)(C)C)n12. The van der Waals surface area contributed by atoms with Crippen molar-refractivity contribution in [2.75, 3.05) is 6.26 Å². The summed E-state index contributed by atoms with van der Waals surface area (Å²) in [6.07, 6.45) is 1.24. The number of rotatable bonds is 2. The van der Waals surface area contributed by atoms with Gasteiger partial charge in [0, 0.05) is 17.4 Å². The number of sulfone groups is 1. The van der Waals surface area contributed by atoms with E-state index in [1.54, 1.807) is 0 Å². The molecular formula is C14H20N2O2S. The molecule has 0 fully saturated rings. The Morgan fingerprint density at radius 3 is 2.42 bits per heavy atom. The second-order valence-corrected chi connectivity index (χ2v) is 8.20. The van der Waals surface area contributed by atoms with Gasteiger partial charge in [-0.05, 0) is 19.1 Å². The van der Waals surface area contributed by atoms with Crippen LogP contribution in [-0.2, 0) is 21.0 Å². The molecule has 0 bridgehead atoms. The van der Waals surface area contributed by atoms with E-state index in [1.165, 1.54) is 6.26 Å². The molecule has 2 heterocycles. The highest BCUT2D eigenvalue weighted by atomic mass is 32.2. The fourth-order valence-electron chi connectivity index (χ4n) is 2.33. The van der Waals surface area contributed by atoms with Gasteiger partial charge in [-0.25, -0.2) is 13.4 Å². The molecule has 0 aromatic carbocycles. The Labute approximate surface area is 114 Å². The van der Waals surface area contributed by atoms with Crippen molar-refractivity contribution in [1.82, 2.24) is 9.38 Å². The molecule has 2 aromatic rings. The van der Waals surface area contributed by atoms with Gasteiger partial charge in [0.2, 0.25) is 0 Å². The third-order valence-corrected chi connectivity index (χ3v) is 3.87. The normalized spacial score (nSPS) is 13.1. The summed E-state index contributed by atoms with van der Waals surface area (Å²) in [5.74, 6) is 0.817. The molecule has 0 saturated carbocycles. The molecule has 0 unspecified atom stereocenters. The van der Waals surface area contributed by atoms with Crippen LogP contribution in [0.25, 0.3) is 5.52 Å². The average molecular weight is 280 g/mol. The fraction of sp³-hybridized carbons (Fsp3) is 0.500. The number of hydrogen-bond acceptors (Lipinski definition) is 3. The van der Waals surface area contributed by atoms with Gasteiger partial charge in [-0.2, -0.15) is 0 Å². The van der Waals surface area contributed by atoms with E-state index in [0.29, 0.717) is 5.69 Å². The minimum absolute atomic E-state index is 0.0159. The summed E-state index contributed by atoms with van der Waals surface area (Å²) >= 11 is 0. The van der Waals surface area contributed by atoms with Gasteiger partial charge in [0.15, 0.2) is 9.84 Å². The highest BCUT2D eigenvalue weighted by Crippen LogP contribution is 2.26. The molecule has 2 rings (SSSR count). The molecule has 0 saturated heterocycles. The lowest BCUT2D eigenvalue weighted by atomic mass is 9.91. The molecule has 0 N–H and O–H groups in total. The van der Waals surface area contributed by atoms with Gasteiger partial charge in [-0.1, -0.05) is 26.8 Å². The van der Waals surface area contributed by atoms with Crippen LogP contribution >= 0.6 is 0 Å².